The van der Waals surface area contributed by atoms with E-state index in [1.165, 1.54) is 31.4 Å². The van der Waals surface area contributed by atoms with Gasteiger partial charge in [0.15, 0.2) is 5.96 Å². The monoisotopic (exact) mass is 524 g/mol. The molecule has 0 heterocycles. The smallest absolute Gasteiger partial charge is 0.387 e. The minimum absolute atomic E-state index is 0. The first-order chi connectivity index (χ1) is 13.5. The van der Waals surface area contributed by atoms with Crippen molar-refractivity contribution in [3.8, 4) is 5.75 Å². The van der Waals surface area contributed by atoms with Gasteiger partial charge in [0.1, 0.15) is 5.75 Å². The summed E-state index contributed by atoms with van der Waals surface area (Å²) >= 11 is 0. The van der Waals surface area contributed by atoms with Crippen LogP contribution in [0.15, 0.2) is 29.3 Å². The van der Waals surface area contributed by atoms with Gasteiger partial charge in [-0.2, -0.15) is 8.78 Å². The molecular formula is C20H31F2IN4O2. The van der Waals surface area contributed by atoms with E-state index in [1.54, 1.807) is 19.2 Å². The lowest BCUT2D eigenvalue weighted by Gasteiger charge is -2.24. The molecule has 1 saturated carbocycles. The maximum Gasteiger partial charge on any atom is 0.387 e. The second-order valence-corrected chi connectivity index (χ2v) is 7.00. The van der Waals surface area contributed by atoms with Gasteiger partial charge in [-0.1, -0.05) is 31.4 Å². The third kappa shape index (κ3) is 9.60. The highest BCUT2D eigenvalue weighted by Gasteiger charge is 2.15. The van der Waals surface area contributed by atoms with Crippen LogP contribution < -0.4 is 15.4 Å². The van der Waals surface area contributed by atoms with E-state index in [2.05, 4.69) is 20.4 Å². The average molecular weight is 524 g/mol. The normalized spacial score (nSPS) is 14.9. The van der Waals surface area contributed by atoms with Crippen LogP contribution >= 0.6 is 24.0 Å². The summed E-state index contributed by atoms with van der Waals surface area (Å²) in [5.74, 6) is 0.860. The van der Waals surface area contributed by atoms with Crippen LogP contribution in [0.4, 0.5) is 8.78 Å². The number of alkyl halides is 2. The lowest BCUT2D eigenvalue weighted by atomic mass is 9.95. The van der Waals surface area contributed by atoms with Crippen molar-refractivity contribution in [2.24, 2.45) is 4.99 Å². The number of rotatable bonds is 8. The second-order valence-electron chi connectivity index (χ2n) is 7.00. The Balaban J connectivity index is 0.00000420. The number of guanidine groups is 1. The van der Waals surface area contributed by atoms with Gasteiger partial charge in [-0.3, -0.25) is 9.79 Å². The van der Waals surface area contributed by atoms with Gasteiger partial charge >= 0.3 is 6.61 Å². The molecule has 1 aromatic rings. The number of aliphatic imine (C=N–C) groups is 1. The molecular weight excluding hydrogens is 493 g/mol. The van der Waals surface area contributed by atoms with E-state index in [9.17, 15) is 13.6 Å². The molecule has 1 aliphatic carbocycles. The van der Waals surface area contributed by atoms with E-state index in [0.717, 1.165) is 18.4 Å². The molecule has 9 heteroatoms. The fraction of sp³-hybridized carbons (Fsp3) is 0.600. The first-order valence-corrected chi connectivity index (χ1v) is 9.73. The molecule has 0 saturated heterocycles. The van der Waals surface area contributed by atoms with Gasteiger partial charge in [-0.05, 0) is 30.5 Å². The van der Waals surface area contributed by atoms with E-state index < -0.39 is 6.61 Å². The molecule has 0 atom stereocenters. The van der Waals surface area contributed by atoms with Crippen molar-refractivity contribution in [1.82, 2.24) is 15.5 Å². The maximum absolute atomic E-state index is 12.2. The number of amides is 1. The lowest BCUT2D eigenvalue weighted by molar-refractivity contribution is -0.121. The number of halogens is 3. The second kappa shape index (κ2) is 13.6. The van der Waals surface area contributed by atoms with E-state index in [1.807, 2.05) is 11.9 Å². The number of carbonyl (C=O) groups is 1. The highest BCUT2D eigenvalue weighted by Crippen LogP contribution is 2.17. The summed E-state index contributed by atoms with van der Waals surface area (Å²) in [4.78, 5) is 18.2. The summed E-state index contributed by atoms with van der Waals surface area (Å²) in [6.45, 7) is -1.79. The molecule has 1 amide bonds. The molecule has 0 bridgehead atoms. The number of ether oxygens (including phenoxy) is 1. The Morgan fingerprint density at radius 1 is 1.24 bits per heavy atom. The molecule has 0 spiro atoms. The Labute approximate surface area is 188 Å². The SMILES string of the molecule is CN=C(NCCC(=O)NC1CCCCC1)N(C)Cc1ccc(OC(F)F)cc1.I. The van der Waals surface area contributed by atoms with Gasteiger partial charge < -0.3 is 20.3 Å². The fourth-order valence-electron chi connectivity index (χ4n) is 3.34. The summed E-state index contributed by atoms with van der Waals surface area (Å²) < 4.78 is 28.8. The fourth-order valence-corrected chi connectivity index (χ4v) is 3.34. The van der Waals surface area contributed by atoms with Crippen molar-refractivity contribution in [1.29, 1.82) is 0 Å². The van der Waals surface area contributed by atoms with Gasteiger partial charge in [0.2, 0.25) is 5.91 Å². The number of nitrogens with zero attached hydrogens (tertiary/aromatic N) is 2. The van der Waals surface area contributed by atoms with Crippen LogP contribution in [0.1, 0.15) is 44.1 Å². The van der Waals surface area contributed by atoms with E-state index in [0.29, 0.717) is 31.5 Å². The Hall–Kier alpha value is -1.65. The molecule has 1 aliphatic rings. The third-order valence-electron chi connectivity index (χ3n) is 4.75. The number of hydrogen-bond acceptors (Lipinski definition) is 3. The topological polar surface area (TPSA) is 66.0 Å². The summed E-state index contributed by atoms with van der Waals surface area (Å²) in [6, 6.07) is 6.82. The van der Waals surface area contributed by atoms with E-state index in [-0.39, 0.29) is 35.6 Å². The Kier molecular flexibility index (Phi) is 11.9. The quantitative estimate of drug-likeness (QED) is 0.309. The Morgan fingerprint density at radius 2 is 1.90 bits per heavy atom. The molecule has 164 valence electrons. The largest absolute Gasteiger partial charge is 0.435 e. The molecule has 6 nitrogen and oxygen atoms in total. The highest BCUT2D eigenvalue weighted by atomic mass is 127. The average Bonchev–Trinajstić information content (AvgIpc) is 2.67. The molecule has 0 unspecified atom stereocenters. The van der Waals surface area contributed by atoms with Crippen molar-refractivity contribution in [3.05, 3.63) is 29.8 Å². The van der Waals surface area contributed by atoms with Crippen molar-refractivity contribution in [2.45, 2.75) is 57.7 Å². The highest BCUT2D eigenvalue weighted by molar-refractivity contribution is 14.0. The van der Waals surface area contributed by atoms with Crippen LogP contribution in [-0.2, 0) is 11.3 Å². The first-order valence-electron chi connectivity index (χ1n) is 9.73. The van der Waals surface area contributed by atoms with Crippen LogP contribution in [-0.4, -0.2) is 50.1 Å². The number of hydrogen-bond donors (Lipinski definition) is 2. The number of nitrogens with one attached hydrogen (secondary N) is 2. The van der Waals surface area contributed by atoms with E-state index >= 15 is 0 Å². The molecule has 0 radical (unpaired) electrons. The van der Waals surface area contributed by atoms with Gasteiger partial charge in [0.25, 0.3) is 0 Å². The van der Waals surface area contributed by atoms with Crippen molar-refractivity contribution < 1.29 is 18.3 Å². The van der Waals surface area contributed by atoms with Crippen molar-refractivity contribution >= 4 is 35.8 Å². The summed E-state index contributed by atoms with van der Waals surface area (Å²) in [5, 5.41) is 6.29. The van der Waals surface area contributed by atoms with Gasteiger partial charge in [0, 0.05) is 39.6 Å². The molecule has 0 aliphatic heterocycles. The Morgan fingerprint density at radius 3 is 2.48 bits per heavy atom. The number of carbonyl (C=O) groups excluding carboxylic acids is 1. The summed E-state index contributed by atoms with van der Waals surface area (Å²) in [6.07, 6.45) is 6.18. The minimum atomic E-state index is -2.83. The van der Waals surface area contributed by atoms with Gasteiger partial charge in [0.05, 0.1) is 0 Å². The zero-order valence-corrected chi connectivity index (χ0v) is 19.3. The molecule has 0 aromatic heterocycles. The molecule has 29 heavy (non-hydrogen) atoms. The standard InChI is InChI=1S/C20H30F2N4O2.HI/c1-23-20(24-13-12-18(27)25-16-6-4-3-5-7-16)26(2)14-15-8-10-17(11-9-15)28-19(21)22;/h8-11,16,19H,3-7,12-14H2,1-2H3,(H,23,24)(H,25,27);1H. The zero-order valence-electron chi connectivity index (χ0n) is 17.0. The number of benzene rings is 1. The third-order valence-corrected chi connectivity index (χ3v) is 4.75. The van der Waals surface area contributed by atoms with Gasteiger partial charge in [-0.25, -0.2) is 0 Å². The van der Waals surface area contributed by atoms with Crippen LogP contribution in [0.3, 0.4) is 0 Å². The predicted octanol–water partition coefficient (Wildman–Crippen LogP) is 3.75. The lowest BCUT2D eigenvalue weighted by Crippen LogP contribution is -2.41. The minimum Gasteiger partial charge on any atom is -0.435 e. The maximum atomic E-state index is 12.2. The first kappa shape index (κ1) is 25.4. The zero-order chi connectivity index (χ0) is 20.4. The molecule has 2 N–H and O–H groups in total. The summed E-state index contributed by atoms with van der Waals surface area (Å²) in [7, 11) is 3.56. The molecule has 1 aromatic carbocycles. The van der Waals surface area contributed by atoms with E-state index in [4.69, 9.17) is 0 Å². The van der Waals surface area contributed by atoms with Crippen molar-refractivity contribution in [3.63, 3.8) is 0 Å². The van der Waals surface area contributed by atoms with Crippen LogP contribution in [0.2, 0.25) is 0 Å². The molecule has 2 rings (SSSR count). The molecule has 1 fully saturated rings. The Bertz CT molecular complexity index is 638. The summed E-state index contributed by atoms with van der Waals surface area (Å²) in [5.41, 5.74) is 0.933. The van der Waals surface area contributed by atoms with Crippen LogP contribution in [0.5, 0.6) is 5.75 Å². The van der Waals surface area contributed by atoms with Crippen molar-refractivity contribution in [2.75, 3.05) is 20.6 Å². The van der Waals surface area contributed by atoms with Crippen LogP contribution in [0, 0.1) is 0 Å². The van der Waals surface area contributed by atoms with Crippen LogP contribution in [0.25, 0.3) is 0 Å². The predicted molar refractivity (Wildman–Crippen MR) is 121 cm³/mol. The van der Waals surface area contributed by atoms with Gasteiger partial charge in [-0.15, -0.1) is 24.0 Å².